The fourth-order valence-electron chi connectivity index (χ4n) is 8.21. The number of pyridine rings is 2. The van der Waals surface area contributed by atoms with Gasteiger partial charge in [0.2, 0.25) is 17.7 Å². The average molecular weight is 767 g/mol. The molecule has 5 amide bonds. The lowest BCUT2D eigenvalue weighted by Gasteiger charge is -2.31. The number of aliphatic hydroxyl groups is 1. The van der Waals surface area contributed by atoms with E-state index in [1.165, 1.54) is 12.2 Å². The van der Waals surface area contributed by atoms with Crippen molar-refractivity contribution in [1.29, 1.82) is 0 Å². The van der Waals surface area contributed by atoms with Gasteiger partial charge in [-0.25, -0.2) is 9.78 Å². The van der Waals surface area contributed by atoms with Gasteiger partial charge in [-0.3, -0.25) is 33.7 Å². The van der Waals surface area contributed by atoms with E-state index < -0.39 is 35.5 Å². The maximum atomic E-state index is 13.7. The molecule has 5 heterocycles. The second kappa shape index (κ2) is 15.1. The molecule has 0 radical (unpaired) electrons. The number of ether oxygens (including phenoxy) is 1. The van der Waals surface area contributed by atoms with Crippen molar-refractivity contribution in [2.75, 3.05) is 11.9 Å². The van der Waals surface area contributed by atoms with Crippen LogP contribution in [0.15, 0.2) is 35.1 Å². The molecule has 0 bridgehead atoms. The summed E-state index contributed by atoms with van der Waals surface area (Å²) in [6.07, 6.45) is 6.61. The summed E-state index contributed by atoms with van der Waals surface area (Å²) in [6.45, 7) is 7.21. The summed E-state index contributed by atoms with van der Waals surface area (Å²) in [7, 11) is 0. The van der Waals surface area contributed by atoms with Gasteiger partial charge in [0.1, 0.15) is 18.7 Å². The van der Waals surface area contributed by atoms with Crippen molar-refractivity contribution in [3.05, 3.63) is 68.5 Å². The van der Waals surface area contributed by atoms with Crippen LogP contribution in [0.1, 0.15) is 94.0 Å². The molecule has 3 atom stereocenters. The highest BCUT2D eigenvalue weighted by atomic mass is 16.6. The Hall–Kier alpha value is -5.70. The number of anilines is 1. The van der Waals surface area contributed by atoms with Gasteiger partial charge in [-0.1, -0.05) is 27.2 Å². The highest BCUT2D eigenvalue weighted by molar-refractivity contribution is 6.12. The number of amides is 5. The van der Waals surface area contributed by atoms with Crippen LogP contribution in [0.4, 0.5) is 5.69 Å². The zero-order chi connectivity index (χ0) is 40.1. The van der Waals surface area contributed by atoms with E-state index in [1.807, 2.05) is 6.07 Å². The molecule has 0 unspecified atom stereocenters. The Kier molecular flexibility index (Phi) is 10.4. The molecule has 2 aromatic heterocycles. The van der Waals surface area contributed by atoms with Gasteiger partial charge in [0.25, 0.3) is 17.4 Å². The molecular weight excluding hydrogens is 720 g/mol. The van der Waals surface area contributed by atoms with Gasteiger partial charge in [0, 0.05) is 47.3 Å². The van der Waals surface area contributed by atoms with Crippen LogP contribution in [-0.4, -0.2) is 73.7 Å². The van der Waals surface area contributed by atoms with E-state index in [0.29, 0.717) is 48.3 Å². The molecule has 1 aliphatic carbocycles. The highest BCUT2D eigenvalue weighted by Crippen LogP contribution is 2.43. The standard InChI is InChI=1S/C41H46N6O9/c1-5-41(55)27-18-30-36-25(19-47(30)39(53)26(27)20-56-40(41)54)23-10-9-11-24-28(13-14-29(43-36)34(23)24)44-37(51)22(4)42-38(52)35(21(2)3)45-31(48)12-7-6-8-17-46-32(49)15-16-33(46)50/h13-16,18,21-22,35,55H,5-12,17,19-20H2,1-4H3,(H,42,52)(H,44,51)(H,45,48)/t22-,35-,41-/m0/s1. The number of cyclic esters (lactones) is 1. The molecule has 0 fully saturated rings. The Bertz CT molecular complexity index is 2280. The number of carbonyl (C=O) groups excluding carboxylic acids is 6. The molecule has 4 aliphatic rings. The molecule has 4 N–H and O–H groups in total. The molecule has 0 saturated heterocycles. The normalized spacial score (nSPS) is 19.0. The van der Waals surface area contributed by atoms with E-state index in [1.54, 1.807) is 44.4 Å². The van der Waals surface area contributed by atoms with Gasteiger partial charge in [0.05, 0.1) is 29.0 Å². The number of nitrogens with one attached hydrogen (secondary N) is 3. The molecule has 15 nitrogen and oxygen atoms in total. The van der Waals surface area contributed by atoms with Crippen LogP contribution in [0.25, 0.3) is 22.3 Å². The van der Waals surface area contributed by atoms with Gasteiger partial charge >= 0.3 is 5.97 Å². The molecule has 1 aromatic carbocycles. The molecule has 15 heteroatoms. The topological polar surface area (TPSA) is 206 Å². The maximum absolute atomic E-state index is 13.7. The summed E-state index contributed by atoms with van der Waals surface area (Å²) in [4.78, 5) is 95.6. The molecule has 3 aliphatic heterocycles. The lowest BCUT2D eigenvalue weighted by Crippen LogP contribution is -2.53. The van der Waals surface area contributed by atoms with E-state index in [0.717, 1.165) is 39.8 Å². The third kappa shape index (κ3) is 6.77. The first-order valence-corrected chi connectivity index (χ1v) is 19.3. The number of aryl methyl sites for hydroxylation is 2. The van der Waals surface area contributed by atoms with Crippen LogP contribution < -0.4 is 21.5 Å². The monoisotopic (exact) mass is 766 g/mol. The number of aromatic nitrogens is 2. The quantitative estimate of drug-likeness (QED) is 0.0890. The fourth-order valence-corrected chi connectivity index (χ4v) is 8.21. The van der Waals surface area contributed by atoms with Crippen molar-refractivity contribution in [2.24, 2.45) is 5.92 Å². The van der Waals surface area contributed by atoms with Crippen LogP contribution in [-0.2, 0) is 65.1 Å². The second-order valence-corrected chi connectivity index (χ2v) is 15.3. The molecule has 3 aromatic rings. The Morgan fingerprint density at radius 2 is 1.66 bits per heavy atom. The molecule has 294 valence electrons. The van der Waals surface area contributed by atoms with Crippen molar-refractivity contribution >= 4 is 52.1 Å². The Morgan fingerprint density at radius 1 is 0.929 bits per heavy atom. The summed E-state index contributed by atoms with van der Waals surface area (Å²) in [5.41, 5.74) is 3.57. The number of unbranched alkanes of at least 4 members (excludes halogenated alkanes) is 2. The van der Waals surface area contributed by atoms with E-state index in [-0.39, 0.29) is 72.9 Å². The number of esters is 1. The number of benzene rings is 1. The van der Waals surface area contributed by atoms with Crippen LogP contribution in [0.5, 0.6) is 0 Å². The second-order valence-electron chi connectivity index (χ2n) is 15.3. The van der Waals surface area contributed by atoms with Gasteiger partial charge < -0.3 is 30.4 Å². The van der Waals surface area contributed by atoms with Crippen LogP contribution in [0.2, 0.25) is 0 Å². The van der Waals surface area contributed by atoms with Crippen molar-refractivity contribution in [1.82, 2.24) is 25.1 Å². The smallest absolute Gasteiger partial charge is 0.343 e. The largest absolute Gasteiger partial charge is 0.458 e. The molecule has 0 saturated carbocycles. The number of fused-ring (bicyclic) bond motifs is 5. The van der Waals surface area contributed by atoms with Gasteiger partial charge in [0.15, 0.2) is 5.60 Å². The number of nitrogens with zero attached hydrogens (tertiary/aromatic N) is 3. The minimum Gasteiger partial charge on any atom is -0.458 e. The lowest BCUT2D eigenvalue weighted by molar-refractivity contribution is -0.172. The average Bonchev–Trinajstić information content (AvgIpc) is 3.71. The van der Waals surface area contributed by atoms with E-state index in [2.05, 4.69) is 16.0 Å². The number of hydrogen-bond acceptors (Lipinski definition) is 10. The summed E-state index contributed by atoms with van der Waals surface area (Å²) < 4.78 is 6.83. The highest BCUT2D eigenvalue weighted by Gasteiger charge is 2.45. The maximum Gasteiger partial charge on any atom is 0.343 e. The van der Waals surface area contributed by atoms with Gasteiger partial charge in [-0.2, -0.15) is 0 Å². The van der Waals surface area contributed by atoms with E-state index in [4.69, 9.17) is 9.72 Å². The number of carbonyl (C=O) groups is 6. The lowest BCUT2D eigenvalue weighted by atomic mass is 9.85. The number of hydrogen-bond donors (Lipinski definition) is 4. The number of rotatable bonds is 13. The molecular formula is C41H46N6O9. The number of imide groups is 1. The van der Waals surface area contributed by atoms with E-state index >= 15 is 0 Å². The summed E-state index contributed by atoms with van der Waals surface area (Å²) in [5.74, 6) is -2.93. The Morgan fingerprint density at radius 3 is 2.38 bits per heavy atom. The molecule has 7 rings (SSSR count). The summed E-state index contributed by atoms with van der Waals surface area (Å²) in [6, 6.07) is 3.51. The predicted octanol–water partition coefficient (Wildman–Crippen LogP) is 2.64. The first kappa shape index (κ1) is 38.6. The van der Waals surface area contributed by atoms with Crippen molar-refractivity contribution < 1.29 is 38.6 Å². The van der Waals surface area contributed by atoms with Crippen molar-refractivity contribution in [3.63, 3.8) is 0 Å². The van der Waals surface area contributed by atoms with Gasteiger partial charge in [-0.15, -0.1) is 0 Å². The Balaban J connectivity index is 1.02. The fraction of sp³-hybridized carbons (Fsp3) is 0.463. The third-order valence-electron chi connectivity index (χ3n) is 11.4. The van der Waals surface area contributed by atoms with Crippen molar-refractivity contribution in [2.45, 2.75) is 110 Å². The molecule has 0 spiro atoms. The zero-order valence-electron chi connectivity index (χ0n) is 32.0. The minimum absolute atomic E-state index is 0.0517. The summed E-state index contributed by atoms with van der Waals surface area (Å²) in [5, 5.41) is 20.7. The zero-order valence-corrected chi connectivity index (χ0v) is 32.0. The molecule has 56 heavy (non-hydrogen) atoms. The third-order valence-corrected chi connectivity index (χ3v) is 11.4. The predicted molar refractivity (Wildman–Crippen MR) is 204 cm³/mol. The first-order chi connectivity index (χ1) is 26.7. The Labute approximate surface area is 322 Å². The summed E-state index contributed by atoms with van der Waals surface area (Å²) >= 11 is 0. The van der Waals surface area contributed by atoms with Crippen LogP contribution in [0.3, 0.4) is 0 Å². The van der Waals surface area contributed by atoms with E-state index in [9.17, 15) is 38.7 Å². The van der Waals surface area contributed by atoms with Gasteiger partial charge in [-0.05, 0) is 80.7 Å². The van der Waals surface area contributed by atoms with Crippen LogP contribution in [0, 0.1) is 5.92 Å². The minimum atomic E-state index is -1.92. The van der Waals surface area contributed by atoms with Crippen LogP contribution >= 0.6 is 0 Å². The SMILES string of the molecule is CC[C@@]1(O)C(=O)OCc2c1cc1n(c2=O)Cc2c-1nc1ccc(NC(=O)[C@H](C)NC(=O)[C@@H](NC(=O)CCCCCN3C(=O)C=CC3=O)C(C)C)c3c1c2CCC3. The van der Waals surface area contributed by atoms with Crippen molar-refractivity contribution in [3.8, 4) is 11.4 Å². The first-order valence-electron chi connectivity index (χ1n) is 19.3.